The lowest BCUT2D eigenvalue weighted by Gasteiger charge is -2.12. The lowest BCUT2D eigenvalue weighted by molar-refractivity contribution is -0.385. The molecule has 0 unspecified atom stereocenters. The molecule has 0 amide bonds. The van der Waals surface area contributed by atoms with Crippen LogP contribution in [0.25, 0.3) is 11.1 Å². The van der Waals surface area contributed by atoms with Crippen LogP contribution in [0.5, 0.6) is 0 Å². The Bertz CT molecular complexity index is 1130. The number of nitrogens with one attached hydrogen (secondary N) is 2. The molecule has 0 saturated carbocycles. The number of hydrogen-bond acceptors (Lipinski definition) is 6. The molecule has 0 saturated heterocycles. The number of nitro groups is 1. The van der Waals surface area contributed by atoms with Crippen molar-refractivity contribution in [1.29, 1.82) is 0 Å². The van der Waals surface area contributed by atoms with Crippen LogP contribution < -0.4 is 10.6 Å². The van der Waals surface area contributed by atoms with Crippen LogP contribution in [0.2, 0.25) is 0 Å². The van der Waals surface area contributed by atoms with E-state index in [9.17, 15) is 14.9 Å². The van der Waals surface area contributed by atoms with Crippen LogP contribution in [0, 0.1) is 24.0 Å². The SMILES string of the molecule is COC(=O)c1c(NC(=S)Nc2ccc(C)c([N+](=O)[O-])c2)sc(C)c1-c1ccccc1. The Hall–Kier alpha value is -3.30. The molecule has 3 rings (SSSR count). The van der Waals surface area contributed by atoms with Crippen LogP contribution in [0.15, 0.2) is 48.5 Å². The van der Waals surface area contributed by atoms with Gasteiger partial charge in [-0.2, -0.15) is 0 Å². The molecule has 30 heavy (non-hydrogen) atoms. The Kier molecular flexibility index (Phi) is 6.43. The third-order valence-electron chi connectivity index (χ3n) is 4.43. The summed E-state index contributed by atoms with van der Waals surface area (Å²) < 4.78 is 5.00. The molecule has 0 atom stereocenters. The van der Waals surface area contributed by atoms with E-state index in [1.54, 1.807) is 19.1 Å². The number of carbonyl (C=O) groups excluding carboxylic acids is 1. The fourth-order valence-corrected chi connectivity index (χ4v) is 4.38. The molecule has 0 bridgehead atoms. The topological polar surface area (TPSA) is 93.5 Å². The van der Waals surface area contributed by atoms with Gasteiger partial charge < -0.3 is 15.4 Å². The second-order valence-corrected chi connectivity index (χ2v) is 8.07. The Balaban J connectivity index is 1.91. The highest BCUT2D eigenvalue weighted by Gasteiger charge is 2.24. The van der Waals surface area contributed by atoms with Gasteiger partial charge in [0.2, 0.25) is 0 Å². The number of methoxy groups -OCH3 is 1. The molecule has 0 spiro atoms. The van der Waals surface area contributed by atoms with Gasteiger partial charge in [-0.15, -0.1) is 11.3 Å². The van der Waals surface area contributed by atoms with Gasteiger partial charge in [0, 0.05) is 27.8 Å². The molecule has 154 valence electrons. The number of esters is 1. The average Bonchev–Trinajstić information content (AvgIpc) is 3.04. The normalized spacial score (nSPS) is 10.4. The Morgan fingerprint density at radius 2 is 1.83 bits per heavy atom. The molecule has 1 aromatic heterocycles. The van der Waals surface area contributed by atoms with E-state index in [4.69, 9.17) is 17.0 Å². The summed E-state index contributed by atoms with van der Waals surface area (Å²) in [7, 11) is 1.33. The number of rotatable bonds is 5. The van der Waals surface area contributed by atoms with E-state index in [2.05, 4.69) is 10.6 Å². The average molecular weight is 442 g/mol. The molecule has 3 aromatic rings. The molecule has 2 aromatic carbocycles. The van der Waals surface area contributed by atoms with Gasteiger partial charge in [0.15, 0.2) is 5.11 Å². The third-order valence-corrected chi connectivity index (χ3v) is 5.65. The molecule has 0 aliphatic rings. The fourth-order valence-electron chi connectivity index (χ4n) is 3.03. The summed E-state index contributed by atoms with van der Waals surface area (Å²) in [5.41, 5.74) is 3.10. The quantitative estimate of drug-likeness (QED) is 0.232. The predicted molar refractivity (Wildman–Crippen MR) is 124 cm³/mol. The van der Waals surface area contributed by atoms with E-state index in [0.717, 1.165) is 16.0 Å². The highest BCUT2D eigenvalue weighted by Crippen LogP contribution is 2.40. The number of nitrogens with zero attached hydrogens (tertiary/aromatic N) is 1. The Morgan fingerprint density at radius 1 is 1.13 bits per heavy atom. The Morgan fingerprint density at radius 3 is 2.47 bits per heavy atom. The Labute approximate surface area is 182 Å². The highest BCUT2D eigenvalue weighted by molar-refractivity contribution is 7.80. The maximum Gasteiger partial charge on any atom is 0.341 e. The summed E-state index contributed by atoms with van der Waals surface area (Å²) in [5.74, 6) is -0.477. The van der Waals surface area contributed by atoms with Crippen molar-refractivity contribution in [3.05, 3.63) is 74.6 Å². The molecule has 2 N–H and O–H groups in total. The van der Waals surface area contributed by atoms with E-state index >= 15 is 0 Å². The number of thiocarbonyl (C=S) groups is 1. The van der Waals surface area contributed by atoms with Crippen molar-refractivity contribution < 1.29 is 14.5 Å². The van der Waals surface area contributed by atoms with Crippen molar-refractivity contribution in [2.24, 2.45) is 0 Å². The van der Waals surface area contributed by atoms with Crippen LogP contribution in [0.3, 0.4) is 0 Å². The number of nitro benzene ring substituents is 1. The minimum Gasteiger partial charge on any atom is -0.465 e. The number of aryl methyl sites for hydroxylation is 2. The molecule has 0 radical (unpaired) electrons. The minimum absolute atomic E-state index is 0.00335. The smallest absolute Gasteiger partial charge is 0.341 e. The first-order valence-corrected chi connectivity index (χ1v) is 10.1. The van der Waals surface area contributed by atoms with Crippen molar-refractivity contribution >= 4 is 51.0 Å². The number of carbonyl (C=O) groups is 1. The van der Waals surface area contributed by atoms with Crippen molar-refractivity contribution in [2.75, 3.05) is 17.7 Å². The van der Waals surface area contributed by atoms with Crippen molar-refractivity contribution in [2.45, 2.75) is 13.8 Å². The monoisotopic (exact) mass is 441 g/mol. The van der Waals surface area contributed by atoms with Crippen LogP contribution in [-0.4, -0.2) is 23.1 Å². The second kappa shape index (κ2) is 9.02. The molecule has 1 heterocycles. The van der Waals surface area contributed by atoms with Gasteiger partial charge >= 0.3 is 5.97 Å². The van der Waals surface area contributed by atoms with Crippen LogP contribution >= 0.6 is 23.6 Å². The van der Waals surface area contributed by atoms with Crippen LogP contribution in [0.1, 0.15) is 20.8 Å². The van der Waals surface area contributed by atoms with E-state index in [0.29, 0.717) is 21.8 Å². The maximum atomic E-state index is 12.5. The lowest BCUT2D eigenvalue weighted by atomic mass is 10.0. The molecule has 7 nitrogen and oxygen atoms in total. The second-order valence-electron chi connectivity index (χ2n) is 6.43. The predicted octanol–water partition coefficient (Wildman–Crippen LogP) is 5.54. The van der Waals surface area contributed by atoms with Gasteiger partial charge in [-0.25, -0.2) is 4.79 Å². The third kappa shape index (κ3) is 4.47. The fraction of sp³-hybridized carbons (Fsp3) is 0.143. The van der Waals surface area contributed by atoms with Gasteiger partial charge in [0.25, 0.3) is 5.69 Å². The largest absolute Gasteiger partial charge is 0.465 e. The van der Waals surface area contributed by atoms with Crippen molar-refractivity contribution in [3.63, 3.8) is 0 Å². The number of thiophene rings is 1. The van der Waals surface area contributed by atoms with Gasteiger partial charge in [0.05, 0.1) is 12.0 Å². The first-order chi connectivity index (χ1) is 14.3. The zero-order chi connectivity index (χ0) is 21.8. The molecular formula is C21H19N3O4S2. The molecule has 0 fully saturated rings. The first-order valence-electron chi connectivity index (χ1n) is 8.92. The van der Waals surface area contributed by atoms with E-state index in [1.165, 1.54) is 24.5 Å². The van der Waals surface area contributed by atoms with E-state index < -0.39 is 10.9 Å². The number of anilines is 2. The van der Waals surface area contributed by atoms with Crippen LogP contribution in [-0.2, 0) is 4.74 Å². The first kappa shape index (κ1) is 21.4. The summed E-state index contributed by atoms with van der Waals surface area (Å²) in [5, 5.41) is 17.9. The number of benzene rings is 2. The maximum absolute atomic E-state index is 12.5. The number of ether oxygens (including phenoxy) is 1. The zero-order valence-corrected chi connectivity index (χ0v) is 18.1. The van der Waals surface area contributed by atoms with Gasteiger partial charge in [-0.3, -0.25) is 10.1 Å². The standard InChI is InChI=1S/C21H19N3O4S2/c1-12-9-10-15(11-16(12)24(26)27)22-21(29)23-19-18(20(25)28-3)17(13(2)30-19)14-7-5-4-6-8-14/h4-11H,1-3H3,(H2,22,23,29). The van der Waals surface area contributed by atoms with Gasteiger partial charge in [0.1, 0.15) is 10.6 Å². The van der Waals surface area contributed by atoms with E-state index in [-0.39, 0.29) is 10.8 Å². The summed E-state index contributed by atoms with van der Waals surface area (Å²) in [6, 6.07) is 14.3. The molecule has 0 aliphatic carbocycles. The summed E-state index contributed by atoms with van der Waals surface area (Å²) in [6.45, 7) is 3.59. The van der Waals surface area contributed by atoms with E-state index in [1.807, 2.05) is 37.3 Å². The molecule has 0 aliphatic heterocycles. The van der Waals surface area contributed by atoms with Crippen molar-refractivity contribution in [1.82, 2.24) is 0 Å². The number of hydrogen-bond donors (Lipinski definition) is 2. The van der Waals surface area contributed by atoms with Crippen LogP contribution in [0.4, 0.5) is 16.4 Å². The molecular weight excluding hydrogens is 422 g/mol. The summed E-state index contributed by atoms with van der Waals surface area (Å²) in [6.07, 6.45) is 0. The summed E-state index contributed by atoms with van der Waals surface area (Å²) in [4.78, 5) is 24.2. The highest BCUT2D eigenvalue weighted by atomic mass is 32.1. The zero-order valence-electron chi connectivity index (χ0n) is 16.5. The van der Waals surface area contributed by atoms with Crippen molar-refractivity contribution in [3.8, 4) is 11.1 Å². The minimum atomic E-state index is -0.477. The lowest BCUT2D eigenvalue weighted by Crippen LogP contribution is -2.20. The van der Waals surface area contributed by atoms with Gasteiger partial charge in [-0.05, 0) is 37.7 Å². The molecule has 9 heteroatoms. The van der Waals surface area contributed by atoms with Gasteiger partial charge in [-0.1, -0.05) is 36.4 Å². The summed E-state index contributed by atoms with van der Waals surface area (Å²) >= 11 is 6.76.